The highest BCUT2D eigenvalue weighted by Crippen LogP contribution is 2.17. The van der Waals surface area contributed by atoms with Crippen molar-refractivity contribution in [2.75, 3.05) is 24.7 Å². The highest BCUT2D eigenvalue weighted by atomic mass is 16.5. The molecule has 0 fully saturated rings. The molecule has 102 valence electrons. The number of hydrogen-bond donors (Lipinski definition) is 2. The molecule has 1 rings (SSSR count). The lowest BCUT2D eigenvalue weighted by Gasteiger charge is -2.07. The van der Waals surface area contributed by atoms with Crippen molar-refractivity contribution in [3.8, 4) is 0 Å². The van der Waals surface area contributed by atoms with E-state index in [0.29, 0.717) is 0 Å². The molecule has 0 aliphatic carbocycles. The molecular weight excluding hydrogens is 224 g/mol. The maximum Gasteiger partial charge on any atom is 0.0469 e. The van der Waals surface area contributed by atoms with Gasteiger partial charge in [0.1, 0.15) is 0 Å². The summed E-state index contributed by atoms with van der Waals surface area (Å²) in [7, 11) is 0. The zero-order chi connectivity index (χ0) is 13.2. The number of hydrogen-bond acceptors (Lipinski definition) is 3. The van der Waals surface area contributed by atoms with Gasteiger partial charge in [0.15, 0.2) is 0 Å². The number of rotatable bonds is 9. The zero-order valence-corrected chi connectivity index (χ0v) is 11.5. The molecule has 3 heteroatoms. The van der Waals surface area contributed by atoms with E-state index < -0.39 is 0 Å². The summed E-state index contributed by atoms with van der Waals surface area (Å²) < 4.78 is 5.60. The number of nitrogen functional groups attached to an aromatic ring is 2. The first-order valence-corrected chi connectivity index (χ1v) is 6.95. The van der Waals surface area contributed by atoms with Gasteiger partial charge < -0.3 is 16.2 Å². The maximum atomic E-state index is 5.90. The minimum Gasteiger partial charge on any atom is -0.399 e. The molecule has 1 aromatic rings. The molecule has 18 heavy (non-hydrogen) atoms. The fourth-order valence-electron chi connectivity index (χ4n) is 1.94. The van der Waals surface area contributed by atoms with E-state index in [-0.39, 0.29) is 0 Å². The second-order valence-electron chi connectivity index (χ2n) is 4.73. The van der Waals surface area contributed by atoms with Crippen LogP contribution in [0.3, 0.4) is 0 Å². The van der Waals surface area contributed by atoms with Crippen LogP contribution in [0.5, 0.6) is 0 Å². The van der Waals surface area contributed by atoms with Gasteiger partial charge in [-0.25, -0.2) is 0 Å². The summed E-state index contributed by atoms with van der Waals surface area (Å²) >= 11 is 0. The van der Waals surface area contributed by atoms with Gasteiger partial charge >= 0.3 is 0 Å². The van der Waals surface area contributed by atoms with Gasteiger partial charge in [-0.05, 0) is 37.0 Å². The van der Waals surface area contributed by atoms with Crippen molar-refractivity contribution >= 4 is 11.4 Å². The predicted octanol–water partition coefficient (Wildman–Crippen LogP) is 3.38. The van der Waals surface area contributed by atoms with E-state index in [0.717, 1.165) is 37.4 Å². The fourth-order valence-corrected chi connectivity index (χ4v) is 1.94. The predicted molar refractivity (Wildman–Crippen MR) is 78.5 cm³/mol. The third-order valence-corrected chi connectivity index (χ3v) is 3.05. The molecule has 0 unspecified atom stereocenters. The molecule has 0 saturated heterocycles. The van der Waals surface area contributed by atoms with E-state index >= 15 is 0 Å². The molecule has 3 nitrogen and oxygen atoms in total. The van der Waals surface area contributed by atoms with Crippen molar-refractivity contribution in [3.05, 3.63) is 23.8 Å². The van der Waals surface area contributed by atoms with E-state index in [9.17, 15) is 0 Å². The summed E-state index contributed by atoms with van der Waals surface area (Å²) in [5.74, 6) is 0. The van der Waals surface area contributed by atoms with Gasteiger partial charge in [0.05, 0.1) is 0 Å². The fraction of sp³-hybridized carbons (Fsp3) is 0.600. The van der Waals surface area contributed by atoms with Gasteiger partial charge in [-0.2, -0.15) is 0 Å². The molecule has 0 aliphatic rings. The zero-order valence-electron chi connectivity index (χ0n) is 11.5. The number of nitrogens with two attached hydrogens (primary N) is 2. The van der Waals surface area contributed by atoms with Crippen molar-refractivity contribution in [1.82, 2.24) is 0 Å². The molecule has 0 aromatic heterocycles. The topological polar surface area (TPSA) is 61.3 Å². The van der Waals surface area contributed by atoms with Crippen LogP contribution in [-0.4, -0.2) is 13.2 Å². The van der Waals surface area contributed by atoms with Gasteiger partial charge in [0, 0.05) is 24.6 Å². The van der Waals surface area contributed by atoms with Crippen LogP contribution in [0, 0.1) is 0 Å². The lowest BCUT2D eigenvalue weighted by Crippen LogP contribution is -2.01. The highest BCUT2D eigenvalue weighted by Gasteiger charge is 1.99. The summed E-state index contributed by atoms with van der Waals surface area (Å²) in [6, 6.07) is 5.73. The maximum absolute atomic E-state index is 5.90. The number of anilines is 2. The van der Waals surface area contributed by atoms with Crippen LogP contribution in [0.4, 0.5) is 11.4 Å². The SMILES string of the molecule is CCCCCCOCCCc1ccc(N)cc1N. The molecule has 0 heterocycles. The quantitative estimate of drug-likeness (QED) is 0.521. The lowest BCUT2D eigenvalue weighted by molar-refractivity contribution is 0.128. The minimum atomic E-state index is 0.725. The van der Waals surface area contributed by atoms with Crippen LogP contribution in [0.2, 0.25) is 0 Å². The first kappa shape index (κ1) is 14.8. The second kappa shape index (κ2) is 8.81. The molecule has 1 aromatic carbocycles. The smallest absolute Gasteiger partial charge is 0.0469 e. The molecular formula is C15H26N2O. The first-order chi connectivity index (χ1) is 8.74. The van der Waals surface area contributed by atoms with Crippen molar-refractivity contribution in [2.24, 2.45) is 0 Å². The van der Waals surface area contributed by atoms with Crippen LogP contribution in [0.1, 0.15) is 44.6 Å². The van der Waals surface area contributed by atoms with E-state index in [1.165, 1.54) is 31.2 Å². The molecule has 0 saturated carbocycles. The van der Waals surface area contributed by atoms with Gasteiger partial charge in [0.2, 0.25) is 0 Å². The van der Waals surface area contributed by atoms with Crippen molar-refractivity contribution < 1.29 is 4.74 Å². The van der Waals surface area contributed by atoms with E-state index in [1.807, 2.05) is 18.2 Å². The third kappa shape index (κ3) is 5.92. The molecule has 0 aliphatic heterocycles. The third-order valence-electron chi connectivity index (χ3n) is 3.05. The molecule has 0 radical (unpaired) electrons. The monoisotopic (exact) mass is 250 g/mol. The summed E-state index contributed by atoms with van der Waals surface area (Å²) in [4.78, 5) is 0. The first-order valence-electron chi connectivity index (χ1n) is 6.95. The van der Waals surface area contributed by atoms with Crippen molar-refractivity contribution in [1.29, 1.82) is 0 Å². The van der Waals surface area contributed by atoms with Crippen molar-refractivity contribution in [3.63, 3.8) is 0 Å². The molecule has 0 atom stereocenters. The largest absolute Gasteiger partial charge is 0.399 e. The van der Waals surface area contributed by atoms with Crippen LogP contribution in [0.15, 0.2) is 18.2 Å². The number of benzene rings is 1. The number of unbranched alkanes of at least 4 members (excludes halogenated alkanes) is 3. The summed E-state index contributed by atoms with van der Waals surface area (Å²) in [5, 5.41) is 0. The number of aryl methyl sites for hydroxylation is 1. The van der Waals surface area contributed by atoms with Gasteiger partial charge in [-0.15, -0.1) is 0 Å². The van der Waals surface area contributed by atoms with Crippen LogP contribution < -0.4 is 11.5 Å². The Hall–Kier alpha value is -1.22. The number of ether oxygens (including phenoxy) is 1. The van der Waals surface area contributed by atoms with Gasteiger partial charge in [-0.1, -0.05) is 32.3 Å². The Bertz CT molecular complexity index is 339. The van der Waals surface area contributed by atoms with Crippen molar-refractivity contribution in [2.45, 2.75) is 45.4 Å². The Morgan fingerprint density at radius 1 is 1.00 bits per heavy atom. The lowest BCUT2D eigenvalue weighted by atomic mass is 10.1. The van der Waals surface area contributed by atoms with E-state index in [2.05, 4.69) is 6.92 Å². The van der Waals surface area contributed by atoms with E-state index in [4.69, 9.17) is 16.2 Å². The molecule has 0 spiro atoms. The molecule has 0 amide bonds. The molecule has 4 N–H and O–H groups in total. The average Bonchev–Trinajstić information content (AvgIpc) is 2.35. The molecule has 0 bridgehead atoms. The Kier molecular flexibility index (Phi) is 7.26. The normalized spacial score (nSPS) is 10.7. The summed E-state index contributed by atoms with van der Waals surface area (Å²) in [6.45, 7) is 3.92. The standard InChI is InChI=1S/C15H26N2O/c1-2-3-4-5-10-18-11-6-7-13-8-9-14(16)12-15(13)17/h8-9,12H,2-7,10-11,16-17H2,1H3. The second-order valence-corrected chi connectivity index (χ2v) is 4.73. The minimum absolute atomic E-state index is 0.725. The van der Waals surface area contributed by atoms with Gasteiger partial charge in [0.25, 0.3) is 0 Å². The summed E-state index contributed by atoms with van der Waals surface area (Å²) in [6.07, 6.45) is 7.02. The Labute approximate surface area is 111 Å². The van der Waals surface area contributed by atoms with E-state index in [1.54, 1.807) is 0 Å². The average molecular weight is 250 g/mol. The summed E-state index contributed by atoms with van der Waals surface area (Å²) in [5.41, 5.74) is 14.2. The highest BCUT2D eigenvalue weighted by molar-refractivity contribution is 5.56. The Morgan fingerprint density at radius 2 is 1.78 bits per heavy atom. The van der Waals surface area contributed by atoms with Crippen LogP contribution in [-0.2, 0) is 11.2 Å². The Balaban J connectivity index is 2.07. The van der Waals surface area contributed by atoms with Crippen LogP contribution >= 0.6 is 0 Å². The van der Waals surface area contributed by atoms with Crippen LogP contribution in [0.25, 0.3) is 0 Å². The Morgan fingerprint density at radius 3 is 2.50 bits per heavy atom. The van der Waals surface area contributed by atoms with Gasteiger partial charge in [-0.3, -0.25) is 0 Å².